The monoisotopic (exact) mass is 291 g/mol. The number of hydrogen-bond donors (Lipinski definition) is 2. The number of phenols is 1. The van der Waals surface area contributed by atoms with E-state index in [1.165, 1.54) is 11.3 Å². The van der Waals surface area contributed by atoms with Crippen molar-refractivity contribution in [1.29, 1.82) is 0 Å². The third-order valence-electron chi connectivity index (χ3n) is 2.97. The molecule has 1 heterocycles. The number of likely N-dealkylation sites (N-methyl/N-ethyl adjacent to an activating group) is 1. The molecule has 0 radical (unpaired) electrons. The Morgan fingerprint density at radius 3 is 2.75 bits per heavy atom. The summed E-state index contributed by atoms with van der Waals surface area (Å²) in [6.45, 7) is 0.464. The number of nitrogens with zero attached hydrogens (tertiary/aromatic N) is 2. The molecule has 6 heteroatoms. The average Bonchev–Trinajstić information content (AvgIpc) is 2.93. The van der Waals surface area contributed by atoms with E-state index >= 15 is 0 Å². The Kier molecular flexibility index (Phi) is 4.70. The van der Waals surface area contributed by atoms with Crippen LogP contribution in [0.1, 0.15) is 11.3 Å². The van der Waals surface area contributed by atoms with Crippen molar-refractivity contribution < 1.29 is 9.90 Å². The van der Waals surface area contributed by atoms with Crippen molar-refractivity contribution in [3.63, 3.8) is 0 Å². The number of rotatable bonds is 5. The second kappa shape index (κ2) is 6.49. The highest BCUT2D eigenvalue weighted by atomic mass is 32.1. The number of nitrogens with two attached hydrogens (primary N) is 1. The van der Waals surface area contributed by atoms with Gasteiger partial charge in [0.25, 0.3) is 0 Å². The van der Waals surface area contributed by atoms with Gasteiger partial charge in [-0.2, -0.15) is 0 Å². The van der Waals surface area contributed by atoms with Crippen molar-refractivity contribution in [3.05, 3.63) is 46.4 Å². The van der Waals surface area contributed by atoms with Gasteiger partial charge < -0.3 is 15.7 Å². The minimum atomic E-state index is -0.594. The molecule has 0 saturated carbocycles. The van der Waals surface area contributed by atoms with Crippen LogP contribution in [0.15, 0.2) is 35.2 Å². The molecule has 5 nitrogen and oxygen atoms in total. The molecule has 2 rings (SSSR count). The Bertz CT molecular complexity index is 554. The lowest BCUT2D eigenvalue weighted by Crippen LogP contribution is -2.42. The molecule has 106 valence electrons. The van der Waals surface area contributed by atoms with Gasteiger partial charge >= 0.3 is 0 Å². The van der Waals surface area contributed by atoms with Crippen molar-refractivity contribution in [2.24, 2.45) is 5.73 Å². The van der Waals surface area contributed by atoms with E-state index in [0.29, 0.717) is 13.0 Å². The van der Waals surface area contributed by atoms with E-state index in [4.69, 9.17) is 5.73 Å². The molecule has 0 aliphatic heterocycles. The summed E-state index contributed by atoms with van der Waals surface area (Å²) < 4.78 is 0. The van der Waals surface area contributed by atoms with Crippen molar-refractivity contribution in [3.8, 4) is 5.75 Å². The Morgan fingerprint density at radius 2 is 2.15 bits per heavy atom. The van der Waals surface area contributed by atoms with E-state index < -0.39 is 6.04 Å². The minimum Gasteiger partial charge on any atom is -0.508 e. The number of aromatic hydroxyl groups is 1. The molecular weight excluding hydrogens is 274 g/mol. The summed E-state index contributed by atoms with van der Waals surface area (Å²) in [6, 6.07) is 6.12. The average molecular weight is 291 g/mol. The van der Waals surface area contributed by atoms with Gasteiger partial charge in [-0.05, 0) is 24.1 Å². The largest absolute Gasteiger partial charge is 0.508 e. The summed E-state index contributed by atoms with van der Waals surface area (Å²) >= 11 is 1.50. The quantitative estimate of drug-likeness (QED) is 0.872. The molecule has 1 aromatic carbocycles. The molecule has 0 aliphatic carbocycles. The standard InChI is InChI=1S/C14H17N3O2S/c1-17(7-11-8-20-9-16-11)14(19)13(15)6-10-2-4-12(18)5-3-10/h2-5,8-9,13,18H,6-7,15H2,1H3/t13-/m1/s1. The highest BCUT2D eigenvalue weighted by Gasteiger charge is 2.19. The fourth-order valence-corrected chi connectivity index (χ4v) is 2.44. The van der Waals surface area contributed by atoms with E-state index in [1.807, 2.05) is 5.38 Å². The van der Waals surface area contributed by atoms with Gasteiger partial charge in [-0.25, -0.2) is 4.98 Å². The molecule has 20 heavy (non-hydrogen) atoms. The van der Waals surface area contributed by atoms with Crippen LogP contribution in [-0.2, 0) is 17.8 Å². The van der Waals surface area contributed by atoms with Gasteiger partial charge in [0.2, 0.25) is 5.91 Å². The summed E-state index contributed by atoms with van der Waals surface area (Å²) in [5.41, 5.74) is 9.47. The van der Waals surface area contributed by atoms with Gasteiger partial charge in [0, 0.05) is 12.4 Å². The van der Waals surface area contributed by atoms with Crippen LogP contribution in [0, 0.1) is 0 Å². The fraction of sp³-hybridized carbons (Fsp3) is 0.286. The predicted molar refractivity (Wildman–Crippen MR) is 78.4 cm³/mol. The molecule has 2 aromatic rings. The lowest BCUT2D eigenvalue weighted by molar-refractivity contribution is -0.131. The molecule has 1 atom stereocenters. The van der Waals surface area contributed by atoms with E-state index in [-0.39, 0.29) is 11.7 Å². The van der Waals surface area contributed by atoms with Crippen LogP contribution in [0.4, 0.5) is 0 Å². The first kappa shape index (κ1) is 14.5. The predicted octanol–water partition coefficient (Wildman–Crippen LogP) is 1.38. The Balaban J connectivity index is 1.92. The minimum absolute atomic E-state index is 0.119. The maximum atomic E-state index is 12.2. The van der Waals surface area contributed by atoms with Crippen LogP contribution in [0.3, 0.4) is 0 Å². The second-order valence-corrected chi connectivity index (χ2v) is 5.37. The molecule has 1 aromatic heterocycles. The zero-order valence-electron chi connectivity index (χ0n) is 11.2. The summed E-state index contributed by atoms with van der Waals surface area (Å²) in [4.78, 5) is 17.9. The van der Waals surface area contributed by atoms with Crippen molar-refractivity contribution >= 4 is 17.2 Å². The van der Waals surface area contributed by atoms with Crippen LogP contribution in [0.5, 0.6) is 5.75 Å². The number of carbonyl (C=O) groups is 1. The van der Waals surface area contributed by atoms with Gasteiger partial charge in [0.05, 0.1) is 23.8 Å². The normalized spacial score (nSPS) is 12.1. The zero-order valence-corrected chi connectivity index (χ0v) is 12.0. The Labute approximate surface area is 121 Å². The fourth-order valence-electron chi connectivity index (χ4n) is 1.89. The Hall–Kier alpha value is -1.92. The molecule has 3 N–H and O–H groups in total. The smallest absolute Gasteiger partial charge is 0.239 e. The first-order valence-electron chi connectivity index (χ1n) is 6.22. The van der Waals surface area contributed by atoms with Crippen molar-refractivity contribution in [2.45, 2.75) is 19.0 Å². The lowest BCUT2D eigenvalue weighted by Gasteiger charge is -2.20. The first-order chi connectivity index (χ1) is 9.56. The first-order valence-corrected chi connectivity index (χ1v) is 7.16. The van der Waals surface area contributed by atoms with Crippen LogP contribution in [0.25, 0.3) is 0 Å². The molecule has 0 unspecified atom stereocenters. The van der Waals surface area contributed by atoms with E-state index in [0.717, 1.165) is 11.3 Å². The SMILES string of the molecule is CN(Cc1cscn1)C(=O)[C@H](N)Cc1ccc(O)cc1. The highest BCUT2D eigenvalue weighted by Crippen LogP contribution is 2.12. The highest BCUT2D eigenvalue weighted by molar-refractivity contribution is 7.07. The summed E-state index contributed by atoms with van der Waals surface area (Å²) in [7, 11) is 1.72. The number of phenolic OH excluding ortho intramolecular Hbond substituents is 1. The van der Waals surface area contributed by atoms with Gasteiger partial charge in [-0.15, -0.1) is 11.3 Å². The third kappa shape index (κ3) is 3.79. The maximum Gasteiger partial charge on any atom is 0.239 e. The van der Waals surface area contributed by atoms with Gasteiger partial charge in [0.1, 0.15) is 5.75 Å². The number of hydrogen-bond acceptors (Lipinski definition) is 5. The summed E-state index contributed by atoms with van der Waals surface area (Å²) in [5, 5.41) is 11.1. The molecule has 0 spiro atoms. The molecule has 0 bridgehead atoms. The third-order valence-corrected chi connectivity index (χ3v) is 3.60. The topological polar surface area (TPSA) is 79.5 Å². The number of aromatic nitrogens is 1. The summed E-state index contributed by atoms with van der Waals surface area (Å²) in [5.74, 6) is 0.0837. The van der Waals surface area contributed by atoms with Crippen molar-refractivity contribution in [2.75, 3.05) is 7.05 Å². The van der Waals surface area contributed by atoms with E-state index in [9.17, 15) is 9.90 Å². The lowest BCUT2D eigenvalue weighted by atomic mass is 10.1. The number of carbonyl (C=O) groups excluding carboxylic acids is 1. The number of thiazole rings is 1. The van der Waals surface area contributed by atoms with E-state index in [1.54, 1.807) is 41.7 Å². The van der Waals surface area contributed by atoms with Crippen molar-refractivity contribution in [1.82, 2.24) is 9.88 Å². The van der Waals surface area contributed by atoms with Gasteiger partial charge in [-0.3, -0.25) is 4.79 Å². The van der Waals surface area contributed by atoms with Gasteiger partial charge in [-0.1, -0.05) is 12.1 Å². The van der Waals surface area contributed by atoms with Crippen LogP contribution in [0.2, 0.25) is 0 Å². The van der Waals surface area contributed by atoms with Gasteiger partial charge in [0.15, 0.2) is 0 Å². The zero-order chi connectivity index (χ0) is 14.5. The molecule has 0 saturated heterocycles. The number of benzene rings is 1. The van der Waals surface area contributed by atoms with E-state index in [2.05, 4.69) is 4.98 Å². The molecule has 0 fully saturated rings. The number of amides is 1. The summed E-state index contributed by atoms with van der Waals surface area (Å²) in [6.07, 6.45) is 0.445. The van der Waals surface area contributed by atoms with Crippen LogP contribution in [-0.4, -0.2) is 34.0 Å². The maximum absolute atomic E-state index is 12.2. The molecule has 1 amide bonds. The second-order valence-electron chi connectivity index (χ2n) is 4.65. The molecular formula is C14H17N3O2S. The Morgan fingerprint density at radius 1 is 1.45 bits per heavy atom. The van der Waals surface area contributed by atoms with Crippen LogP contribution < -0.4 is 5.73 Å². The molecule has 0 aliphatic rings. The van der Waals surface area contributed by atoms with Crippen LogP contribution >= 0.6 is 11.3 Å².